The van der Waals surface area contributed by atoms with Crippen LogP contribution >= 0.6 is 0 Å². The lowest BCUT2D eigenvalue weighted by Gasteiger charge is -2.08. The molecule has 0 aliphatic rings. The first kappa shape index (κ1) is 15.4. The summed E-state index contributed by atoms with van der Waals surface area (Å²) in [5.74, 6) is 0.449. The van der Waals surface area contributed by atoms with Gasteiger partial charge in [-0.15, -0.1) is 4.98 Å². The molecular formula is C12H22N4O3. The molecule has 0 bridgehead atoms. The summed E-state index contributed by atoms with van der Waals surface area (Å²) in [6, 6.07) is 0.507. The van der Waals surface area contributed by atoms with Crippen LogP contribution in [0.2, 0.25) is 0 Å². The lowest BCUT2D eigenvalue weighted by atomic mass is 10.5. The maximum atomic E-state index is 5.42. The van der Waals surface area contributed by atoms with Crippen molar-refractivity contribution in [3.05, 3.63) is 0 Å². The second-order valence-corrected chi connectivity index (χ2v) is 3.65. The Morgan fingerprint density at radius 1 is 0.895 bits per heavy atom. The van der Waals surface area contributed by atoms with Crippen LogP contribution in [0.5, 0.6) is 12.0 Å². The molecule has 0 saturated carbocycles. The lowest BCUT2D eigenvalue weighted by Crippen LogP contribution is -2.12. The monoisotopic (exact) mass is 270 g/mol. The Balaban J connectivity index is 2.54. The molecule has 0 unspecified atom stereocenters. The molecule has 0 saturated heterocycles. The lowest BCUT2D eigenvalue weighted by molar-refractivity contribution is 0.0967. The molecule has 1 N–H and O–H groups in total. The molecule has 108 valence electrons. The Bertz CT molecular complexity index is 339. The van der Waals surface area contributed by atoms with Crippen LogP contribution in [-0.2, 0) is 4.74 Å². The van der Waals surface area contributed by atoms with E-state index in [-0.39, 0.29) is 12.0 Å². The molecule has 7 heteroatoms. The molecule has 1 heterocycles. The molecule has 0 spiro atoms. The van der Waals surface area contributed by atoms with E-state index in [9.17, 15) is 0 Å². The Morgan fingerprint density at radius 3 is 2.26 bits per heavy atom. The van der Waals surface area contributed by atoms with E-state index in [0.717, 1.165) is 13.0 Å². The number of ether oxygens (including phenoxy) is 3. The van der Waals surface area contributed by atoms with Crippen LogP contribution in [0.25, 0.3) is 0 Å². The summed E-state index contributed by atoms with van der Waals surface area (Å²) < 4.78 is 16.0. The molecule has 1 aromatic heterocycles. The highest BCUT2D eigenvalue weighted by molar-refractivity contribution is 5.27. The van der Waals surface area contributed by atoms with Crippen molar-refractivity contribution in [1.29, 1.82) is 0 Å². The summed E-state index contributed by atoms with van der Waals surface area (Å²) in [4.78, 5) is 12.3. The van der Waals surface area contributed by atoms with Crippen molar-refractivity contribution < 1.29 is 14.2 Å². The molecule has 0 radical (unpaired) electrons. The third-order valence-corrected chi connectivity index (χ3v) is 2.01. The number of nitrogens with zero attached hydrogens (tertiary/aromatic N) is 3. The maximum Gasteiger partial charge on any atom is 0.324 e. The average molecular weight is 270 g/mol. The van der Waals surface area contributed by atoms with Gasteiger partial charge in [0.25, 0.3) is 0 Å². The number of rotatable bonds is 10. The van der Waals surface area contributed by atoms with Gasteiger partial charge in [0.1, 0.15) is 6.61 Å². The van der Waals surface area contributed by atoms with Crippen molar-refractivity contribution in [2.45, 2.75) is 27.2 Å². The van der Waals surface area contributed by atoms with Gasteiger partial charge in [0.15, 0.2) is 0 Å². The Kier molecular flexibility index (Phi) is 7.57. The topological polar surface area (TPSA) is 78.4 Å². The quantitative estimate of drug-likeness (QED) is 0.645. The van der Waals surface area contributed by atoms with Crippen molar-refractivity contribution in [2.75, 3.05) is 38.3 Å². The van der Waals surface area contributed by atoms with Gasteiger partial charge in [-0.3, -0.25) is 0 Å². The predicted molar refractivity (Wildman–Crippen MR) is 71.8 cm³/mol. The van der Waals surface area contributed by atoms with E-state index in [1.54, 1.807) is 0 Å². The normalized spacial score (nSPS) is 10.3. The zero-order chi connectivity index (χ0) is 13.9. The van der Waals surface area contributed by atoms with E-state index in [0.29, 0.717) is 32.3 Å². The first-order valence-electron chi connectivity index (χ1n) is 6.63. The van der Waals surface area contributed by atoms with E-state index >= 15 is 0 Å². The number of hydrogen-bond donors (Lipinski definition) is 1. The molecule has 0 amide bonds. The number of anilines is 1. The van der Waals surface area contributed by atoms with Crippen LogP contribution in [0.4, 0.5) is 5.95 Å². The first-order valence-corrected chi connectivity index (χ1v) is 6.63. The standard InChI is InChI=1S/C12H22N4O3/c1-4-7-17-8-9-19-12-15-10(13-5-2)14-11(16-12)18-6-3/h4-9H2,1-3H3,(H,13,14,15,16). The van der Waals surface area contributed by atoms with E-state index in [2.05, 4.69) is 27.2 Å². The van der Waals surface area contributed by atoms with Gasteiger partial charge < -0.3 is 19.5 Å². The first-order chi connectivity index (χ1) is 9.30. The van der Waals surface area contributed by atoms with Gasteiger partial charge in [-0.1, -0.05) is 6.92 Å². The van der Waals surface area contributed by atoms with Gasteiger partial charge in [0, 0.05) is 13.2 Å². The summed E-state index contributed by atoms with van der Waals surface area (Å²) >= 11 is 0. The van der Waals surface area contributed by atoms with Crippen LogP contribution < -0.4 is 14.8 Å². The smallest absolute Gasteiger partial charge is 0.324 e. The third kappa shape index (κ3) is 6.19. The molecule has 7 nitrogen and oxygen atoms in total. The van der Waals surface area contributed by atoms with Gasteiger partial charge >= 0.3 is 12.0 Å². The fourth-order valence-corrected chi connectivity index (χ4v) is 1.27. The highest BCUT2D eigenvalue weighted by Gasteiger charge is 2.07. The molecule has 0 aliphatic heterocycles. The second-order valence-electron chi connectivity index (χ2n) is 3.65. The van der Waals surface area contributed by atoms with E-state index in [1.165, 1.54) is 0 Å². The Hall–Kier alpha value is -1.63. The van der Waals surface area contributed by atoms with Crippen LogP contribution in [0.1, 0.15) is 27.2 Å². The largest absolute Gasteiger partial charge is 0.464 e. The summed E-state index contributed by atoms with van der Waals surface area (Å²) in [6.07, 6.45) is 0.991. The SMILES string of the molecule is CCCOCCOc1nc(NCC)nc(OCC)n1. The van der Waals surface area contributed by atoms with Gasteiger partial charge in [-0.2, -0.15) is 9.97 Å². The number of hydrogen-bond acceptors (Lipinski definition) is 7. The molecular weight excluding hydrogens is 248 g/mol. The fourth-order valence-electron chi connectivity index (χ4n) is 1.27. The van der Waals surface area contributed by atoms with E-state index in [1.807, 2.05) is 13.8 Å². The fraction of sp³-hybridized carbons (Fsp3) is 0.750. The molecule has 1 rings (SSSR count). The zero-order valence-corrected chi connectivity index (χ0v) is 11.8. The minimum atomic E-state index is 0.245. The van der Waals surface area contributed by atoms with Gasteiger partial charge in [-0.05, 0) is 20.3 Å². The van der Waals surface area contributed by atoms with Crippen molar-refractivity contribution in [3.63, 3.8) is 0 Å². The maximum absolute atomic E-state index is 5.42. The molecule has 1 aromatic rings. The Morgan fingerprint density at radius 2 is 1.63 bits per heavy atom. The molecule has 19 heavy (non-hydrogen) atoms. The van der Waals surface area contributed by atoms with Crippen LogP contribution in [0.3, 0.4) is 0 Å². The van der Waals surface area contributed by atoms with Gasteiger partial charge in [0.2, 0.25) is 5.95 Å². The highest BCUT2D eigenvalue weighted by atomic mass is 16.5. The minimum Gasteiger partial charge on any atom is -0.464 e. The average Bonchev–Trinajstić information content (AvgIpc) is 2.39. The number of aromatic nitrogens is 3. The van der Waals surface area contributed by atoms with Gasteiger partial charge in [-0.25, -0.2) is 0 Å². The zero-order valence-electron chi connectivity index (χ0n) is 11.8. The summed E-state index contributed by atoms with van der Waals surface area (Å²) in [5, 5.41) is 3.00. The molecule has 0 aliphatic carbocycles. The predicted octanol–water partition coefficient (Wildman–Crippen LogP) is 1.51. The molecule has 0 fully saturated rings. The van der Waals surface area contributed by atoms with Crippen molar-refractivity contribution in [2.24, 2.45) is 0 Å². The summed E-state index contributed by atoms with van der Waals surface area (Å²) in [5.41, 5.74) is 0. The van der Waals surface area contributed by atoms with Crippen molar-refractivity contribution in [3.8, 4) is 12.0 Å². The second kappa shape index (κ2) is 9.32. The number of nitrogens with one attached hydrogen (secondary N) is 1. The van der Waals surface area contributed by atoms with Crippen LogP contribution in [0, 0.1) is 0 Å². The van der Waals surface area contributed by atoms with Gasteiger partial charge in [0.05, 0.1) is 13.2 Å². The van der Waals surface area contributed by atoms with E-state index in [4.69, 9.17) is 14.2 Å². The van der Waals surface area contributed by atoms with Crippen LogP contribution in [0.15, 0.2) is 0 Å². The molecule has 0 atom stereocenters. The van der Waals surface area contributed by atoms with Crippen molar-refractivity contribution >= 4 is 5.95 Å². The Labute approximate surface area is 113 Å². The van der Waals surface area contributed by atoms with Crippen LogP contribution in [-0.4, -0.2) is 47.9 Å². The van der Waals surface area contributed by atoms with Crippen molar-refractivity contribution in [1.82, 2.24) is 15.0 Å². The minimum absolute atomic E-state index is 0.245. The third-order valence-electron chi connectivity index (χ3n) is 2.01. The highest BCUT2D eigenvalue weighted by Crippen LogP contribution is 2.12. The summed E-state index contributed by atoms with van der Waals surface area (Å²) in [7, 11) is 0. The summed E-state index contributed by atoms with van der Waals surface area (Å²) in [6.45, 7) is 8.75. The van der Waals surface area contributed by atoms with E-state index < -0.39 is 0 Å². The molecule has 0 aromatic carbocycles.